The number of carbonyl (C=O) groups excluding carboxylic acids is 1. The summed E-state index contributed by atoms with van der Waals surface area (Å²) in [4.78, 5) is 22.2. The molecule has 3 rings (SSSR count). The van der Waals surface area contributed by atoms with Crippen LogP contribution in [0, 0.1) is 6.92 Å². The number of ether oxygens (including phenoxy) is 3. The van der Waals surface area contributed by atoms with Crippen molar-refractivity contribution in [3.05, 3.63) is 11.9 Å². The number of rotatable bonds is 6. The lowest BCUT2D eigenvalue weighted by Crippen LogP contribution is -2.42. The number of hydrogen-bond donors (Lipinski definition) is 1. The maximum absolute atomic E-state index is 12.0. The predicted octanol–water partition coefficient (Wildman–Crippen LogP) is 1.54. The van der Waals surface area contributed by atoms with E-state index in [0.29, 0.717) is 63.6 Å². The molecule has 1 amide bonds. The third-order valence-corrected chi connectivity index (χ3v) is 6.10. The van der Waals surface area contributed by atoms with Crippen molar-refractivity contribution >= 4 is 17.0 Å². The topological polar surface area (TPSA) is 111 Å². The van der Waals surface area contributed by atoms with Crippen LogP contribution in [0.1, 0.15) is 45.1 Å². The van der Waals surface area contributed by atoms with Crippen molar-refractivity contribution in [3.63, 3.8) is 0 Å². The number of hydrogen-bond acceptors (Lipinski definition) is 8. The third-order valence-electron chi connectivity index (χ3n) is 5.23. The molecule has 1 aromatic heterocycles. The molecule has 2 aliphatic rings. The summed E-state index contributed by atoms with van der Waals surface area (Å²) in [6, 6.07) is 0. The highest BCUT2D eigenvalue weighted by atomic mass is 32.2. The molecular weight excluding hydrogens is 412 g/mol. The van der Waals surface area contributed by atoms with E-state index in [1.54, 1.807) is 4.90 Å². The number of likely N-dealkylation sites (tertiary alicyclic amines) is 1. The quantitative estimate of drug-likeness (QED) is 0.661. The van der Waals surface area contributed by atoms with Crippen molar-refractivity contribution in [2.24, 2.45) is 0 Å². The predicted molar refractivity (Wildman–Crippen MR) is 109 cm³/mol. The Morgan fingerprint density at radius 1 is 1.00 bits per heavy atom. The minimum Gasteiger partial charge on any atom is -0.474 e. The highest BCUT2D eigenvalue weighted by molar-refractivity contribution is 7.69. The zero-order chi connectivity index (χ0) is 21.7. The van der Waals surface area contributed by atoms with Crippen LogP contribution in [0.3, 0.4) is 0 Å². The van der Waals surface area contributed by atoms with Gasteiger partial charge in [-0.05, 0) is 33.6 Å². The third kappa shape index (κ3) is 5.94. The fourth-order valence-corrected chi connectivity index (χ4v) is 4.09. The van der Waals surface area contributed by atoms with Crippen LogP contribution in [0.5, 0.6) is 11.8 Å². The Kier molecular flexibility index (Phi) is 7.70. The lowest BCUT2D eigenvalue weighted by Gasteiger charge is -2.32. The monoisotopic (exact) mass is 442 g/mol. The van der Waals surface area contributed by atoms with Crippen molar-refractivity contribution in [1.29, 1.82) is 0 Å². The zero-order valence-corrected chi connectivity index (χ0v) is 18.5. The van der Waals surface area contributed by atoms with Crippen molar-refractivity contribution in [2.75, 3.05) is 26.2 Å². The number of amides is 1. The molecule has 2 saturated heterocycles. The van der Waals surface area contributed by atoms with E-state index in [4.69, 9.17) is 14.2 Å². The van der Waals surface area contributed by atoms with Crippen LogP contribution < -0.4 is 9.47 Å². The second kappa shape index (κ2) is 10.3. The number of thiol groups is 1. The van der Waals surface area contributed by atoms with E-state index in [1.165, 1.54) is 10.6 Å². The zero-order valence-electron chi connectivity index (χ0n) is 17.7. The largest absolute Gasteiger partial charge is 0.474 e. The van der Waals surface area contributed by atoms with Gasteiger partial charge in [-0.3, -0.25) is 0 Å². The first-order chi connectivity index (χ1) is 14.3. The lowest BCUT2D eigenvalue weighted by molar-refractivity contribution is 0.0503. The summed E-state index contributed by atoms with van der Waals surface area (Å²) in [5.74, 6) is 0.936. The molecule has 30 heavy (non-hydrogen) atoms. The van der Waals surface area contributed by atoms with E-state index in [0.717, 1.165) is 5.56 Å². The van der Waals surface area contributed by atoms with Gasteiger partial charge in [0.1, 0.15) is 18.5 Å². The highest BCUT2D eigenvalue weighted by Crippen LogP contribution is 2.28. The minimum atomic E-state index is -2.53. The van der Waals surface area contributed by atoms with Gasteiger partial charge in [0, 0.05) is 39.0 Å². The van der Waals surface area contributed by atoms with Gasteiger partial charge in [0.25, 0.3) is 0 Å². The Morgan fingerprint density at radius 2 is 1.50 bits per heavy atom. The van der Waals surface area contributed by atoms with Crippen LogP contribution in [-0.2, 0) is 15.6 Å². The van der Waals surface area contributed by atoms with Crippen LogP contribution in [0.15, 0.2) is 6.33 Å². The Labute approximate surface area is 178 Å². The van der Waals surface area contributed by atoms with Gasteiger partial charge in [-0.25, -0.2) is 27.5 Å². The molecule has 0 aliphatic carbocycles. The summed E-state index contributed by atoms with van der Waals surface area (Å²) in [6.45, 7) is 7.57. The van der Waals surface area contributed by atoms with Gasteiger partial charge < -0.3 is 19.1 Å². The molecule has 0 N–H and O–H groups in total. The van der Waals surface area contributed by atoms with Gasteiger partial charge in [-0.1, -0.05) is 0 Å². The fraction of sp³-hybridized carbons (Fsp3) is 0.737. The molecule has 10 nitrogen and oxygen atoms in total. The smallest absolute Gasteiger partial charge is 0.410 e. The summed E-state index contributed by atoms with van der Waals surface area (Å²) in [5.41, 5.74) is 0.719. The van der Waals surface area contributed by atoms with E-state index in [-0.39, 0.29) is 24.4 Å². The Hall–Kier alpha value is -2.14. The molecule has 0 saturated carbocycles. The molecule has 2 fully saturated rings. The van der Waals surface area contributed by atoms with Gasteiger partial charge in [0.05, 0.1) is 11.7 Å². The van der Waals surface area contributed by atoms with Gasteiger partial charge in [-0.15, -0.1) is 0 Å². The van der Waals surface area contributed by atoms with Crippen LogP contribution in [0.2, 0.25) is 0 Å². The first-order valence-corrected chi connectivity index (χ1v) is 11.5. The minimum absolute atomic E-state index is 0.0499. The summed E-state index contributed by atoms with van der Waals surface area (Å²) >= 11 is 0. The second-order valence-electron chi connectivity index (χ2n) is 7.85. The van der Waals surface area contributed by atoms with Crippen LogP contribution in [0.25, 0.3) is 0 Å². The molecule has 1 aromatic rings. The van der Waals surface area contributed by atoms with Crippen molar-refractivity contribution < 1.29 is 27.4 Å². The molecule has 168 valence electrons. The molecule has 0 atom stereocenters. The first-order valence-electron chi connectivity index (χ1n) is 10.3. The number of nitrogens with zero attached hydrogens (tertiary/aromatic N) is 4. The van der Waals surface area contributed by atoms with E-state index >= 15 is 0 Å². The SMILES string of the molecule is Cc1c(OC2CCN(C(=O)OC(C)C)CC2)ncnc1OC1CCN([SH](=O)=O)CC1. The Balaban J connectivity index is 1.53. The van der Waals surface area contributed by atoms with Gasteiger partial charge in [0.2, 0.25) is 22.7 Å². The van der Waals surface area contributed by atoms with E-state index in [1.807, 2.05) is 20.8 Å². The van der Waals surface area contributed by atoms with Crippen molar-refractivity contribution in [3.8, 4) is 11.8 Å². The highest BCUT2D eigenvalue weighted by Gasteiger charge is 2.27. The number of carbonyl (C=O) groups is 1. The molecule has 0 aromatic carbocycles. The van der Waals surface area contributed by atoms with Crippen LogP contribution in [0.4, 0.5) is 4.79 Å². The normalized spacial score (nSPS) is 19.3. The molecule has 0 unspecified atom stereocenters. The average Bonchev–Trinajstić information content (AvgIpc) is 2.71. The maximum Gasteiger partial charge on any atom is 0.410 e. The molecule has 11 heteroatoms. The molecule has 0 spiro atoms. The van der Waals surface area contributed by atoms with Gasteiger partial charge in [-0.2, -0.15) is 0 Å². The second-order valence-corrected chi connectivity index (χ2v) is 8.90. The lowest BCUT2D eigenvalue weighted by atomic mass is 10.1. The van der Waals surface area contributed by atoms with E-state index in [9.17, 15) is 13.2 Å². The molecule has 0 radical (unpaired) electrons. The summed E-state index contributed by atoms with van der Waals surface area (Å²) in [6.07, 6.45) is 3.47. The van der Waals surface area contributed by atoms with Gasteiger partial charge >= 0.3 is 6.09 Å². The Morgan fingerprint density at radius 3 is 1.97 bits per heavy atom. The van der Waals surface area contributed by atoms with E-state index in [2.05, 4.69) is 9.97 Å². The maximum atomic E-state index is 12.0. The molecule has 3 heterocycles. The molecular formula is C19H30N4O6S. The summed E-state index contributed by atoms with van der Waals surface area (Å²) in [7, 11) is -2.53. The molecule has 2 aliphatic heterocycles. The fourth-order valence-electron chi connectivity index (χ4n) is 3.53. The standard InChI is InChI=1S/C19H30N4O6S/c1-13(2)27-19(24)22-8-4-15(5-9-22)28-17-14(3)18(21-12-20-17)29-16-6-10-23(11-7-16)30(25)26/h12-13,15-16,30H,4-11H2,1-3H3. The van der Waals surface area contributed by atoms with Crippen LogP contribution >= 0.6 is 0 Å². The van der Waals surface area contributed by atoms with Crippen molar-refractivity contribution in [1.82, 2.24) is 19.2 Å². The number of aromatic nitrogens is 2. The number of piperidine rings is 2. The van der Waals surface area contributed by atoms with Crippen LogP contribution in [-0.4, -0.2) is 78.2 Å². The summed E-state index contributed by atoms with van der Waals surface area (Å²) in [5, 5.41) is 0. The molecule has 0 bridgehead atoms. The average molecular weight is 443 g/mol. The summed E-state index contributed by atoms with van der Waals surface area (Å²) < 4.78 is 40.9. The van der Waals surface area contributed by atoms with Gasteiger partial charge in [0.15, 0.2) is 0 Å². The first kappa shape index (κ1) is 22.5. The Bertz CT molecular complexity index is 794. The van der Waals surface area contributed by atoms with Crippen molar-refractivity contribution in [2.45, 2.75) is 64.8 Å². The van der Waals surface area contributed by atoms with E-state index < -0.39 is 10.9 Å².